The molecule has 0 saturated carbocycles. The first kappa shape index (κ1) is 10.2. The Morgan fingerprint density at radius 1 is 1.38 bits per heavy atom. The lowest BCUT2D eigenvalue weighted by Crippen LogP contribution is -2.02. The van der Waals surface area contributed by atoms with E-state index in [9.17, 15) is 4.79 Å². The molecule has 0 saturated heterocycles. The van der Waals surface area contributed by atoms with Crippen LogP contribution in [-0.4, -0.2) is 5.78 Å². The van der Waals surface area contributed by atoms with Gasteiger partial charge in [-0.3, -0.25) is 4.79 Å². The number of carbonyl (C=O) groups excluding carboxylic acids is 1. The van der Waals surface area contributed by atoms with Gasteiger partial charge in [-0.15, -0.1) is 0 Å². The standard InChI is InChI=1S/C11H11BrO/c1-8-5-3-4-6-10(12)7-9(2)11(8)13/h4,6-7H,1-3,5H2/b6-4-,10-7+. The van der Waals surface area contributed by atoms with Crippen LogP contribution in [-0.2, 0) is 4.79 Å². The molecule has 1 nitrogen and oxygen atoms in total. The van der Waals surface area contributed by atoms with E-state index in [1.807, 2.05) is 12.2 Å². The Kier molecular flexibility index (Phi) is 3.43. The highest BCUT2D eigenvalue weighted by Crippen LogP contribution is 2.18. The second kappa shape index (κ2) is 4.38. The zero-order chi connectivity index (χ0) is 9.84. The van der Waals surface area contributed by atoms with Gasteiger partial charge >= 0.3 is 0 Å². The first-order valence-corrected chi connectivity index (χ1v) is 4.85. The maximum atomic E-state index is 11.5. The zero-order valence-electron chi connectivity index (χ0n) is 7.35. The van der Waals surface area contributed by atoms with E-state index in [0.29, 0.717) is 17.6 Å². The van der Waals surface area contributed by atoms with Crippen LogP contribution in [0.5, 0.6) is 0 Å². The summed E-state index contributed by atoms with van der Waals surface area (Å²) in [6, 6.07) is 0. The molecule has 1 aliphatic rings. The summed E-state index contributed by atoms with van der Waals surface area (Å²) in [5.74, 6) is -0.0411. The molecule has 68 valence electrons. The Morgan fingerprint density at radius 3 is 2.77 bits per heavy atom. The van der Waals surface area contributed by atoms with Crippen molar-refractivity contribution in [1.82, 2.24) is 0 Å². The van der Waals surface area contributed by atoms with E-state index in [-0.39, 0.29) is 5.78 Å². The number of carbonyl (C=O) groups is 1. The van der Waals surface area contributed by atoms with Crippen molar-refractivity contribution in [2.45, 2.75) is 12.8 Å². The molecule has 2 heteroatoms. The third kappa shape index (κ3) is 2.81. The van der Waals surface area contributed by atoms with Gasteiger partial charge in [0, 0.05) is 10.1 Å². The Balaban J connectivity index is 2.96. The fourth-order valence-electron chi connectivity index (χ4n) is 1.07. The van der Waals surface area contributed by atoms with E-state index in [1.54, 1.807) is 6.08 Å². The monoisotopic (exact) mass is 238 g/mol. The van der Waals surface area contributed by atoms with Crippen molar-refractivity contribution in [3.8, 4) is 0 Å². The normalized spacial score (nSPS) is 25.6. The van der Waals surface area contributed by atoms with Crippen LogP contribution in [0.3, 0.4) is 0 Å². The van der Waals surface area contributed by atoms with Crippen LogP contribution in [0.15, 0.2) is 47.0 Å². The van der Waals surface area contributed by atoms with Crippen molar-refractivity contribution in [2.24, 2.45) is 0 Å². The van der Waals surface area contributed by atoms with Crippen LogP contribution < -0.4 is 0 Å². The lowest BCUT2D eigenvalue weighted by Gasteiger charge is -2.01. The second-order valence-corrected chi connectivity index (χ2v) is 3.84. The third-order valence-corrected chi connectivity index (χ3v) is 2.31. The molecule has 0 fully saturated rings. The second-order valence-electron chi connectivity index (χ2n) is 2.93. The van der Waals surface area contributed by atoms with Gasteiger partial charge < -0.3 is 0 Å². The van der Waals surface area contributed by atoms with Gasteiger partial charge in [0.05, 0.1) is 0 Å². The quantitative estimate of drug-likeness (QED) is 0.593. The van der Waals surface area contributed by atoms with Crippen molar-refractivity contribution >= 4 is 21.7 Å². The summed E-state index contributed by atoms with van der Waals surface area (Å²) < 4.78 is 0.876. The van der Waals surface area contributed by atoms with E-state index in [2.05, 4.69) is 29.1 Å². The molecule has 0 aromatic carbocycles. The van der Waals surface area contributed by atoms with Crippen molar-refractivity contribution in [3.05, 3.63) is 47.0 Å². The maximum absolute atomic E-state index is 11.5. The Hall–Kier alpha value is -0.890. The molecule has 0 spiro atoms. The molecular formula is C11H11BrO. The predicted octanol–water partition coefficient (Wildman–Crippen LogP) is 3.30. The minimum Gasteiger partial charge on any atom is -0.289 e. The van der Waals surface area contributed by atoms with E-state index in [1.165, 1.54) is 0 Å². The van der Waals surface area contributed by atoms with E-state index in [4.69, 9.17) is 0 Å². The first-order valence-electron chi connectivity index (χ1n) is 4.06. The average molecular weight is 239 g/mol. The van der Waals surface area contributed by atoms with Gasteiger partial charge in [-0.1, -0.05) is 41.2 Å². The number of ketones is 1. The van der Waals surface area contributed by atoms with Gasteiger partial charge in [-0.25, -0.2) is 0 Å². The number of Topliss-reactive ketones (excluding diaryl/α,β-unsaturated/α-hetero) is 1. The van der Waals surface area contributed by atoms with Crippen LogP contribution in [0, 0.1) is 0 Å². The Labute approximate surface area is 86.7 Å². The van der Waals surface area contributed by atoms with Gasteiger partial charge in [-0.2, -0.15) is 0 Å². The summed E-state index contributed by atoms with van der Waals surface area (Å²) >= 11 is 3.33. The molecule has 13 heavy (non-hydrogen) atoms. The van der Waals surface area contributed by atoms with Crippen molar-refractivity contribution in [3.63, 3.8) is 0 Å². The van der Waals surface area contributed by atoms with Crippen LogP contribution >= 0.6 is 15.9 Å². The van der Waals surface area contributed by atoms with Crippen LogP contribution in [0.25, 0.3) is 0 Å². The van der Waals surface area contributed by atoms with Gasteiger partial charge in [-0.05, 0) is 24.5 Å². The smallest absolute Gasteiger partial charge is 0.187 e. The molecule has 0 amide bonds. The number of allylic oxidation sites excluding steroid dienone is 6. The molecule has 0 radical (unpaired) electrons. The highest BCUT2D eigenvalue weighted by Gasteiger charge is 2.10. The molecule has 0 aromatic heterocycles. The van der Waals surface area contributed by atoms with E-state index < -0.39 is 0 Å². The summed E-state index contributed by atoms with van der Waals surface area (Å²) in [7, 11) is 0. The van der Waals surface area contributed by atoms with Gasteiger partial charge in [0.25, 0.3) is 0 Å². The molecule has 0 heterocycles. The largest absolute Gasteiger partial charge is 0.289 e. The lowest BCUT2D eigenvalue weighted by molar-refractivity contribution is -0.112. The first-order chi connectivity index (χ1) is 6.11. The summed E-state index contributed by atoms with van der Waals surface area (Å²) in [5.41, 5.74) is 1.12. The number of hydrogen-bond acceptors (Lipinski definition) is 1. The molecular weight excluding hydrogens is 228 g/mol. The van der Waals surface area contributed by atoms with Gasteiger partial charge in [0.2, 0.25) is 0 Å². The predicted molar refractivity (Wildman–Crippen MR) is 58.7 cm³/mol. The van der Waals surface area contributed by atoms with E-state index >= 15 is 0 Å². The topological polar surface area (TPSA) is 17.1 Å². The molecule has 1 rings (SSSR count). The highest BCUT2D eigenvalue weighted by molar-refractivity contribution is 9.11. The fraction of sp³-hybridized carbons (Fsp3) is 0.182. The SMILES string of the molecule is C=C1/C=C(Br)\C=C/CCC(=C)C1=O. The van der Waals surface area contributed by atoms with Crippen LogP contribution in [0.1, 0.15) is 12.8 Å². The summed E-state index contributed by atoms with van der Waals surface area (Å²) in [6.07, 6.45) is 7.22. The molecule has 0 atom stereocenters. The number of rotatable bonds is 0. The molecule has 0 aliphatic heterocycles. The van der Waals surface area contributed by atoms with Crippen molar-refractivity contribution in [1.29, 1.82) is 0 Å². The summed E-state index contributed by atoms with van der Waals surface area (Å²) in [4.78, 5) is 11.5. The van der Waals surface area contributed by atoms with Crippen molar-refractivity contribution in [2.75, 3.05) is 0 Å². The summed E-state index contributed by atoms with van der Waals surface area (Å²) in [5, 5.41) is 0. The Bertz CT molecular complexity index is 321. The molecule has 0 aromatic rings. The molecule has 0 unspecified atom stereocenters. The average Bonchev–Trinajstić information content (AvgIpc) is 2.13. The molecule has 0 N–H and O–H groups in total. The van der Waals surface area contributed by atoms with Crippen LogP contribution in [0.2, 0.25) is 0 Å². The highest BCUT2D eigenvalue weighted by atomic mass is 79.9. The maximum Gasteiger partial charge on any atom is 0.187 e. The molecule has 0 bridgehead atoms. The summed E-state index contributed by atoms with van der Waals surface area (Å²) in [6.45, 7) is 7.41. The third-order valence-electron chi connectivity index (χ3n) is 1.81. The van der Waals surface area contributed by atoms with Crippen LogP contribution in [0.4, 0.5) is 0 Å². The van der Waals surface area contributed by atoms with Gasteiger partial charge in [0.15, 0.2) is 5.78 Å². The van der Waals surface area contributed by atoms with E-state index in [0.717, 1.165) is 10.9 Å². The lowest BCUT2D eigenvalue weighted by atomic mass is 10.0. The Morgan fingerprint density at radius 2 is 2.08 bits per heavy atom. The minimum absolute atomic E-state index is 0.0411. The fourth-order valence-corrected chi connectivity index (χ4v) is 1.54. The molecule has 1 aliphatic carbocycles. The number of hydrogen-bond donors (Lipinski definition) is 0. The minimum atomic E-state index is -0.0411. The zero-order valence-corrected chi connectivity index (χ0v) is 8.93. The van der Waals surface area contributed by atoms with Crippen molar-refractivity contribution < 1.29 is 4.79 Å². The van der Waals surface area contributed by atoms with Gasteiger partial charge in [0.1, 0.15) is 0 Å². The number of halogens is 1.